The summed E-state index contributed by atoms with van der Waals surface area (Å²) in [6, 6.07) is 1.59. The molecule has 0 atom stereocenters. The van der Waals surface area contributed by atoms with Gasteiger partial charge in [0.15, 0.2) is 0 Å². The van der Waals surface area contributed by atoms with Crippen LogP contribution < -0.4 is 5.32 Å². The average molecular weight is 275 g/mol. The zero-order valence-corrected chi connectivity index (χ0v) is 11.2. The number of nitrogens with zero attached hydrogens (tertiary/aromatic N) is 2. The van der Waals surface area contributed by atoms with Crippen molar-refractivity contribution in [2.75, 3.05) is 26.2 Å². The number of fused-ring (bicyclic) bond motifs is 1. The van der Waals surface area contributed by atoms with Crippen molar-refractivity contribution in [1.29, 1.82) is 0 Å². The summed E-state index contributed by atoms with van der Waals surface area (Å²) in [5.41, 5.74) is 0.825. The first-order valence-corrected chi connectivity index (χ1v) is 6.90. The quantitative estimate of drug-likeness (QED) is 0.808. The molecule has 1 N–H and O–H groups in total. The molecule has 106 valence electrons. The van der Waals surface area contributed by atoms with Crippen LogP contribution in [0.3, 0.4) is 0 Å². The van der Waals surface area contributed by atoms with E-state index < -0.39 is 0 Å². The van der Waals surface area contributed by atoms with Gasteiger partial charge in [-0.3, -0.25) is 19.5 Å². The number of piperidine rings is 1. The Hall–Kier alpha value is -1.79. The fraction of sp³-hybridized carbons (Fsp3) is 0.500. The Kier molecular flexibility index (Phi) is 3.75. The van der Waals surface area contributed by atoms with E-state index in [4.69, 9.17) is 4.74 Å². The van der Waals surface area contributed by atoms with Crippen molar-refractivity contribution in [1.82, 2.24) is 15.2 Å². The average Bonchev–Trinajstić information content (AvgIpc) is 2.74. The van der Waals surface area contributed by atoms with Gasteiger partial charge >= 0.3 is 0 Å². The fourth-order valence-corrected chi connectivity index (χ4v) is 2.61. The fourth-order valence-electron chi connectivity index (χ4n) is 2.61. The second-order valence-electron chi connectivity index (χ2n) is 5.00. The van der Waals surface area contributed by atoms with Crippen LogP contribution in [0, 0.1) is 0 Å². The molecule has 20 heavy (non-hydrogen) atoms. The molecule has 0 unspecified atom stereocenters. The molecule has 6 heteroatoms. The van der Waals surface area contributed by atoms with Gasteiger partial charge in [-0.05, 0) is 32.0 Å². The summed E-state index contributed by atoms with van der Waals surface area (Å²) < 4.78 is 5.74. The van der Waals surface area contributed by atoms with Gasteiger partial charge in [-0.15, -0.1) is 0 Å². The summed E-state index contributed by atoms with van der Waals surface area (Å²) in [5.74, 6) is -0.520. The zero-order valence-electron chi connectivity index (χ0n) is 11.2. The lowest BCUT2D eigenvalue weighted by Gasteiger charge is -2.24. The Morgan fingerprint density at radius 1 is 1.25 bits per heavy atom. The number of pyridine rings is 1. The van der Waals surface area contributed by atoms with Gasteiger partial charge < -0.3 is 10.1 Å². The van der Waals surface area contributed by atoms with Crippen molar-refractivity contribution in [2.24, 2.45) is 0 Å². The van der Waals surface area contributed by atoms with E-state index in [1.54, 1.807) is 6.07 Å². The lowest BCUT2D eigenvalue weighted by atomic mass is 10.1. The first-order valence-electron chi connectivity index (χ1n) is 6.90. The second-order valence-corrected chi connectivity index (χ2v) is 5.00. The van der Waals surface area contributed by atoms with Gasteiger partial charge in [-0.2, -0.15) is 0 Å². The summed E-state index contributed by atoms with van der Waals surface area (Å²) in [5, 5.41) is 3.27. The third-order valence-electron chi connectivity index (χ3n) is 3.73. The van der Waals surface area contributed by atoms with Crippen LogP contribution in [0.4, 0.5) is 0 Å². The van der Waals surface area contributed by atoms with Crippen molar-refractivity contribution in [3.63, 3.8) is 0 Å². The van der Waals surface area contributed by atoms with Crippen LogP contribution in [0.25, 0.3) is 0 Å². The topological polar surface area (TPSA) is 71.5 Å². The second kappa shape index (κ2) is 5.68. The number of amides is 2. The summed E-state index contributed by atoms with van der Waals surface area (Å²) in [6.07, 6.45) is 5.16. The van der Waals surface area contributed by atoms with Crippen LogP contribution in [-0.2, 0) is 4.74 Å². The minimum absolute atomic E-state index is 0.230. The number of nitrogens with one attached hydrogen (secondary N) is 1. The van der Waals surface area contributed by atoms with E-state index in [-0.39, 0.29) is 17.9 Å². The highest BCUT2D eigenvalue weighted by Crippen LogP contribution is 2.21. The molecule has 0 saturated carbocycles. The number of imide groups is 1. The Morgan fingerprint density at radius 3 is 2.75 bits per heavy atom. The molecule has 1 fully saturated rings. The standard InChI is InChI=1S/C14H17N3O3/c18-13-11-3-6-16-9-12(11)14(19)17(13)7-8-20-10-1-4-15-5-2-10/h3,6,9-10,15H,1-2,4-5,7-8H2. The molecule has 0 spiro atoms. The maximum atomic E-state index is 12.1. The third kappa shape index (κ3) is 2.44. The molecular weight excluding hydrogens is 258 g/mol. The molecule has 6 nitrogen and oxygen atoms in total. The number of ether oxygens (including phenoxy) is 1. The monoisotopic (exact) mass is 275 g/mol. The van der Waals surface area contributed by atoms with E-state index in [1.165, 1.54) is 17.3 Å². The molecule has 3 rings (SSSR count). The van der Waals surface area contributed by atoms with Gasteiger partial charge in [0.05, 0.1) is 30.4 Å². The van der Waals surface area contributed by atoms with Gasteiger partial charge in [0.2, 0.25) is 0 Å². The number of carbonyl (C=O) groups is 2. The van der Waals surface area contributed by atoms with E-state index in [9.17, 15) is 9.59 Å². The van der Waals surface area contributed by atoms with E-state index >= 15 is 0 Å². The Bertz CT molecular complexity index is 491. The maximum Gasteiger partial charge on any atom is 0.263 e. The smallest absolute Gasteiger partial charge is 0.263 e. The first-order chi connectivity index (χ1) is 9.77. The van der Waals surface area contributed by atoms with Gasteiger partial charge in [0.1, 0.15) is 0 Å². The van der Waals surface area contributed by atoms with Crippen LogP contribution in [0.1, 0.15) is 33.6 Å². The number of rotatable bonds is 4. The SMILES string of the molecule is O=C1c2ccncc2C(=O)N1CCOC1CCNCC1. The predicted octanol–water partition coefficient (Wildman–Crippen LogP) is 0.446. The Balaban J connectivity index is 1.56. The van der Waals surface area contributed by atoms with E-state index in [2.05, 4.69) is 10.3 Å². The number of hydrogen-bond acceptors (Lipinski definition) is 5. The van der Waals surface area contributed by atoms with E-state index in [0.717, 1.165) is 25.9 Å². The summed E-state index contributed by atoms with van der Waals surface area (Å²) >= 11 is 0. The highest BCUT2D eigenvalue weighted by atomic mass is 16.5. The summed E-state index contributed by atoms with van der Waals surface area (Å²) in [4.78, 5) is 29.3. The molecule has 0 radical (unpaired) electrons. The normalized spacial score (nSPS) is 19.5. The molecule has 2 amide bonds. The molecule has 3 heterocycles. The van der Waals surface area contributed by atoms with Crippen LogP contribution >= 0.6 is 0 Å². The number of hydrogen-bond donors (Lipinski definition) is 1. The highest BCUT2D eigenvalue weighted by Gasteiger charge is 2.35. The Labute approximate surface area is 117 Å². The summed E-state index contributed by atoms with van der Waals surface area (Å²) in [6.45, 7) is 2.62. The molecule has 0 bridgehead atoms. The number of aromatic nitrogens is 1. The lowest BCUT2D eigenvalue weighted by molar-refractivity contribution is 0.0201. The minimum Gasteiger partial charge on any atom is -0.376 e. The molecule has 2 aliphatic rings. The zero-order chi connectivity index (χ0) is 13.9. The van der Waals surface area contributed by atoms with Gasteiger partial charge in [0, 0.05) is 12.4 Å². The predicted molar refractivity (Wildman–Crippen MR) is 71.4 cm³/mol. The highest BCUT2D eigenvalue weighted by molar-refractivity contribution is 6.21. The van der Waals surface area contributed by atoms with Crippen LogP contribution in [0.2, 0.25) is 0 Å². The minimum atomic E-state index is -0.271. The van der Waals surface area contributed by atoms with Gasteiger partial charge in [0.25, 0.3) is 11.8 Å². The van der Waals surface area contributed by atoms with Crippen molar-refractivity contribution in [3.8, 4) is 0 Å². The largest absolute Gasteiger partial charge is 0.376 e. The van der Waals surface area contributed by atoms with Gasteiger partial charge in [-0.25, -0.2) is 0 Å². The molecule has 1 aromatic heterocycles. The Morgan fingerprint density at radius 2 is 2.00 bits per heavy atom. The molecule has 1 aromatic rings. The molecule has 1 saturated heterocycles. The van der Waals surface area contributed by atoms with Crippen molar-refractivity contribution < 1.29 is 14.3 Å². The van der Waals surface area contributed by atoms with Crippen LogP contribution in [0.5, 0.6) is 0 Å². The van der Waals surface area contributed by atoms with Crippen molar-refractivity contribution >= 4 is 11.8 Å². The molecular formula is C14H17N3O3. The molecule has 0 aliphatic carbocycles. The van der Waals surface area contributed by atoms with Crippen molar-refractivity contribution in [2.45, 2.75) is 18.9 Å². The molecule has 2 aliphatic heterocycles. The van der Waals surface area contributed by atoms with Gasteiger partial charge in [-0.1, -0.05) is 0 Å². The van der Waals surface area contributed by atoms with E-state index in [1.807, 2.05) is 0 Å². The number of carbonyl (C=O) groups excluding carboxylic acids is 2. The van der Waals surface area contributed by atoms with E-state index in [0.29, 0.717) is 24.3 Å². The van der Waals surface area contributed by atoms with Crippen molar-refractivity contribution in [3.05, 3.63) is 29.6 Å². The lowest BCUT2D eigenvalue weighted by Crippen LogP contribution is -2.36. The van der Waals surface area contributed by atoms with Crippen LogP contribution in [-0.4, -0.2) is 54.0 Å². The summed E-state index contributed by atoms with van der Waals surface area (Å²) in [7, 11) is 0. The third-order valence-corrected chi connectivity index (χ3v) is 3.73. The van der Waals surface area contributed by atoms with Crippen LogP contribution in [0.15, 0.2) is 18.5 Å². The first kappa shape index (κ1) is 13.2. The molecule has 0 aromatic carbocycles. The maximum absolute atomic E-state index is 12.1.